The van der Waals surface area contributed by atoms with Crippen LogP contribution in [0.2, 0.25) is 0 Å². The van der Waals surface area contributed by atoms with Crippen molar-refractivity contribution in [1.82, 2.24) is 5.32 Å². The zero-order valence-electron chi connectivity index (χ0n) is 10.5. The molecule has 17 heavy (non-hydrogen) atoms. The monoisotopic (exact) mass is 253 g/mol. The molecule has 0 fully saturated rings. The summed E-state index contributed by atoms with van der Waals surface area (Å²) < 4.78 is 0. The number of hydrogen-bond acceptors (Lipinski definition) is 1. The molecule has 1 aromatic rings. The molecular weight excluding hydrogens is 234 g/mol. The van der Waals surface area contributed by atoms with E-state index in [0.29, 0.717) is 12.3 Å². The molecule has 1 aromatic carbocycles. The van der Waals surface area contributed by atoms with Gasteiger partial charge in [-0.2, -0.15) is 0 Å². The molecule has 94 valence electrons. The molecule has 1 amide bonds. The number of aryl methyl sites for hydroxylation is 1. The summed E-state index contributed by atoms with van der Waals surface area (Å²) in [5, 5.41) is 2.99. The molecule has 0 aromatic heterocycles. The summed E-state index contributed by atoms with van der Waals surface area (Å²) in [7, 11) is 0. The van der Waals surface area contributed by atoms with Gasteiger partial charge >= 0.3 is 0 Å². The summed E-state index contributed by atoms with van der Waals surface area (Å²) >= 11 is 5.62. The highest BCUT2D eigenvalue weighted by Gasteiger charge is 2.08. The summed E-state index contributed by atoms with van der Waals surface area (Å²) in [6.45, 7) is 4.04. The van der Waals surface area contributed by atoms with E-state index in [2.05, 4.69) is 5.32 Å². The smallest absolute Gasteiger partial charge is 0.224 e. The predicted molar refractivity (Wildman–Crippen MR) is 72.4 cm³/mol. The quantitative estimate of drug-likeness (QED) is 0.776. The summed E-state index contributed by atoms with van der Waals surface area (Å²) in [6, 6.07) is 8.18. The van der Waals surface area contributed by atoms with Crippen LogP contribution < -0.4 is 5.32 Å². The van der Waals surface area contributed by atoms with Gasteiger partial charge in [0.2, 0.25) is 5.91 Å². The summed E-state index contributed by atoms with van der Waals surface area (Å²) in [4.78, 5) is 11.8. The zero-order chi connectivity index (χ0) is 12.7. The van der Waals surface area contributed by atoms with Crippen molar-refractivity contribution in [2.45, 2.75) is 39.2 Å². The maximum Gasteiger partial charge on any atom is 0.224 e. The first kappa shape index (κ1) is 14.0. The van der Waals surface area contributed by atoms with E-state index < -0.39 is 0 Å². The third-order valence-corrected chi connectivity index (χ3v) is 3.06. The van der Waals surface area contributed by atoms with Crippen molar-refractivity contribution in [3.05, 3.63) is 35.4 Å². The topological polar surface area (TPSA) is 29.1 Å². The number of halogens is 1. The first-order chi connectivity index (χ1) is 8.13. The van der Waals surface area contributed by atoms with Crippen LogP contribution in [0.15, 0.2) is 24.3 Å². The van der Waals surface area contributed by atoms with E-state index >= 15 is 0 Å². The van der Waals surface area contributed by atoms with E-state index in [1.54, 1.807) is 0 Å². The number of benzene rings is 1. The molecule has 2 nitrogen and oxygen atoms in total. The van der Waals surface area contributed by atoms with Gasteiger partial charge in [0.1, 0.15) is 0 Å². The molecule has 1 N–H and O–H groups in total. The molecule has 0 aliphatic heterocycles. The molecule has 3 heteroatoms. The average Bonchev–Trinajstić information content (AvgIpc) is 2.29. The highest BCUT2D eigenvalue weighted by Crippen LogP contribution is 2.08. The maximum absolute atomic E-state index is 11.8. The molecule has 1 rings (SSSR count). The van der Waals surface area contributed by atoms with Gasteiger partial charge in [-0.1, -0.05) is 24.3 Å². The average molecular weight is 254 g/mol. The van der Waals surface area contributed by atoms with E-state index in [9.17, 15) is 4.79 Å². The van der Waals surface area contributed by atoms with Gasteiger partial charge in [-0.15, -0.1) is 11.6 Å². The fourth-order valence-electron chi connectivity index (χ4n) is 1.76. The molecule has 0 radical (unpaired) electrons. The van der Waals surface area contributed by atoms with Crippen LogP contribution in [0.25, 0.3) is 0 Å². The fourth-order valence-corrected chi connectivity index (χ4v) is 1.92. The molecule has 0 aliphatic carbocycles. The van der Waals surface area contributed by atoms with Crippen LogP contribution >= 0.6 is 11.6 Å². The number of carbonyl (C=O) groups excluding carboxylic acids is 1. The maximum atomic E-state index is 11.8. The van der Waals surface area contributed by atoms with Crippen LogP contribution in [-0.2, 0) is 11.2 Å². The van der Waals surface area contributed by atoms with Crippen molar-refractivity contribution < 1.29 is 4.79 Å². The number of carbonyl (C=O) groups is 1. The SMILES string of the molecule is Cc1ccccc1CC(=O)NC(C)CCCCl. The van der Waals surface area contributed by atoms with Crippen molar-refractivity contribution in [2.75, 3.05) is 5.88 Å². The minimum atomic E-state index is 0.0846. The number of amides is 1. The van der Waals surface area contributed by atoms with E-state index in [-0.39, 0.29) is 11.9 Å². The predicted octanol–water partition coefficient (Wildman–Crippen LogP) is 3.06. The van der Waals surface area contributed by atoms with Gasteiger partial charge < -0.3 is 5.32 Å². The highest BCUT2D eigenvalue weighted by molar-refractivity contribution is 6.17. The van der Waals surface area contributed by atoms with Crippen LogP contribution in [-0.4, -0.2) is 17.8 Å². The van der Waals surface area contributed by atoms with Crippen molar-refractivity contribution in [1.29, 1.82) is 0 Å². The van der Waals surface area contributed by atoms with E-state index in [1.807, 2.05) is 38.1 Å². The summed E-state index contributed by atoms with van der Waals surface area (Å²) in [6.07, 6.45) is 2.33. The van der Waals surface area contributed by atoms with Crippen molar-refractivity contribution in [2.24, 2.45) is 0 Å². The first-order valence-electron chi connectivity index (χ1n) is 6.03. The second-order valence-electron chi connectivity index (χ2n) is 4.40. The van der Waals surface area contributed by atoms with E-state index in [1.165, 1.54) is 0 Å². The highest BCUT2D eigenvalue weighted by atomic mass is 35.5. The Morgan fingerprint density at radius 3 is 2.76 bits per heavy atom. The standard InChI is InChI=1S/C14H20ClNO/c1-11-6-3-4-8-13(11)10-14(17)16-12(2)7-5-9-15/h3-4,6,8,12H,5,7,9-10H2,1-2H3,(H,16,17). The second kappa shape index (κ2) is 7.33. The lowest BCUT2D eigenvalue weighted by Gasteiger charge is -2.13. The summed E-state index contributed by atoms with van der Waals surface area (Å²) in [5.41, 5.74) is 2.26. The molecular formula is C14H20ClNO. The molecule has 0 bridgehead atoms. The normalized spacial score (nSPS) is 12.2. The van der Waals surface area contributed by atoms with Gasteiger partial charge in [0.05, 0.1) is 6.42 Å². The van der Waals surface area contributed by atoms with Gasteiger partial charge in [-0.05, 0) is 37.8 Å². The van der Waals surface area contributed by atoms with Crippen molar-refractivity contribution in [3.8, 4) is 0 Å². The number of hydrogen-bond donors (Lipinski definition) is 1. The Bertz CT molecular complexity index is 365. The van der Waals surface area contributed by atoms with E-state index in [0.717, 1.165) is 24.0 Å². The third kappa shape index (κ3) is 5.22. The second-order valence-corrected chi connectivity index (χ2v) is 4.78. The molecule has 0 saturated carbocycles. The molecule has 0 aliphatic rings. The zero-order valence-corrected chi connectivity index (χ0v) is 11.3. The Kier molecular flexibility index (Phi) is 6.06. The Morgan fingerprint density at radius 1 is 1.41 bits per heavy atom. The molecule has 1 atom stereocenters. The molecule has 0 heterocycles. The Balaban J connectivity index is 2.42. The van der Waals surface area contributed by atoms with Crippen LogP contribution in [0, 0.1) is 6.92 Å². The van der Waals surface area contributed by atoms with E-state index in [4.69, 9.17) is 11.6 Å². The van der Waals surface area contributed by atoms with Crippen LogP contribution in [0.3, 0.4) is 0 Å². The Labute approximate surface area is 108 Å². The minimum absolute atomic E-state index is 0.0846. The largest absolute Gasteiger partial charge is 0.353 e. The van der Waals surface area contributed by atoms with Crippen molar-refractivity contribution >= 4 is 17.5 Å². The third-order valence-electron chi connectivity index (χ3n) is 2.79. The first-order valence-corrected chi connectivity index (χ1v) is 6.56. The van der Waals surface area contributed by atoms with Crippen LogP contribution in [0.5, 0.6) is 0 Å². The lowest BCUT2D eigenvalue weighted by atomic mass is 10.1. The van der Waals surface area contributed by atoms with Crippen molar-refractivity contribution in [3.63, 3.8) is 0 Å². The lowest BCUT2D eigenvalue weighted by molar-refractivity contribution is -0.121. The van der Waals surface area contributed by atoms with Gasteiger partial charge in [0.15, 0.2) is 0 Å². The van der Waals surface area contributed by atoms with Crippen LogP contribution in [0.4, 0.5) is 0 Å². The Morgan fingerprint density at radius 2 is 2.12 bits per heavy atom. The molecule has 1 unspecified atom stereocenters. The van der Waals surface area contributed by atoms with Crippen LogP contribution in [0.1, 0.15) is 30.9 Å². The number of alkyl halides is 1. The number of nitrogens with one attached hydrogen (secondary N) is 1. The van der Waals surface area contributed by atoms with Gasteiger partial charge in [0.25, 0.3) is 0 Å². The lowest BCUT2D eigenvalue weighted by Crippen LogP contribution is -2.33. The summed E-state index contributed by atoms with van der Waals surface area (Å²) in [5.74, 6) is 0.735. The van der Waals surface area contributed by atoms with Gasteiger partial charge in [0, 0.05) is 11.9 Å². The fraction of sp³-hybridized carbons (Fsp3) is 0.500. The van der Waals surface area contributed by atoms with Gasteiger partial charge in [-0.25, -0.2) is 0 Å². The number of rotatable bonds is 6. The Hall–Kier alpha value is -1.02. The molecule has 0 spiro atoms. The molecule has 0 saturated heterocycles. The van der Waals surface area contributed by atoms with Gasteiger partial charge in [-0.3, -0.25) is 4.79 Å². The minimum Gasteiger partial charge on any atom is -0.353 e.